The summed E-state index contributed by atoms with van der Waals surface area (Å²) in [5.74, 6) is 0.340. The molecule has 3 aliphatic rings. The molecule has 2 aliphatic carbocycles. The molecule has 0 aromatic heterocycles. The summed E-state index contributed by atoms with van der Waals surface area (Å²) < 4.78 is 16.3. The highest BCUT2D eigenvalue weighted by molar-refractivity contribution is 5.78. The molecule has 1 saturated heterocycles. The molecular formula is C24H40O6. The van der Waals surface area contributed by atoms with E-state index in [1.165, 1.54) is 0 Å². The molecule has 1 aliphatic heterocycles. The van der Waals surface area contributed by atoms with Gasteiger partial charge in [-0.1, -0.05) is 13.8 Å². The maximum Gasteiger partial charge on any atom is 0.312 e. The van der Waals surface area contributed by atoms with E-state index < -0.39 is 5.41 Å². The van der Waals surface area contributed by atoms with Crippen LogP contribution in [-0.2, 0) is 28.6 Å². The first-order valence-electron chi connectivity index (χ1n) is 11.3. The normalized spacial score (nSPS) is 29.8. The second-order valence-electron chi connectivity index (χ2n) is 11.3. The van der Waals surface area contributed by atoms with Crippen LogP contribution < -0.4 is 0 Å². The van der Waals surface area contributed by atoms with Crippen LogP contribution in [0.5, 0.6) is 0 Å². The second kappa shape index (κ2) is 8.51. The molecule has 5 unspecified atom stereocenters. The first-order chi connectivity index (χ1) is 13.6. The zero-order chi connectivity index (χ0) is 23.1. The van der Waals surface area contributed by atoms with Gasteiger partial charge >= 0.3 is 17.9 Å². The van der Waals surface area contributed by atoms with Crippen LogP contribution in [0.3, 0.4) is 0 Å². The first-order valence-corrected chi connectivity index (χ1v) is 11.3. The Bertz CT molecular complexity index is 672. The zero-order valence-electron chi connectivity index (χ0n) is 20.2. The molecule has 0 amide bonds. The van der Waals surface area contributed by atoms with E-state index in [9.17, 15) is 14.4 Å². The van der Waals surface area contributed by atoms with Crippen LogP contribution in [0.1, 0.15) is 88.0 Å². The number of hydrogen-bond acceptors (Lipinski definition) is 6. The van der Waals surface area contributed by atoms with Crippen molar-refractivity contribution in [2.24, 2.45) is 28.6 Å². The zero-order valence-corrected chi connectivity index (χ0v) is 20.2. The molecule has 6 nitrogen and oxygen atoms in total. The van der Waals surface area contributed by atoms with Crippen LogP contribution >= 0.6 is 0 Å². The van der Waals surface area contributed by atoms with Gasteiger partial charge in [-0.3, -0.25) is 14.4 Å². The Labute approximate surface area is 181 Å². The van der Waals surface area contributed by atoms with Crippen molar-refractivity contribution >= 4 is 17.9 Å². The summed E-state index contributed by atoms with van der Waals surface area (Å²) in [6.45, 7) is 17.2. The molecule has 2 saturated carbocycles. The lowest BCUT2D eigenvalue weighted by atomic mass is 9.87. The summed E-state index contributed by atoms with van der Waals surface area (Å²) in [5, 5.41) is 0. The van der Waals surface area contributed by atoms with E-state index >= 15 is 0 Å². The SMILES string of the molecule is CCC(C)(C)C(=O)OC(C)(C)C.CCC(C)(C)C(=O)OC1C2CC3C(=O)OC1C3C2. The molecule has 0 radical (unpaired) electrons. The number of ether oxygens (including phenoxy) is 3. The number of carbonyl (C=O) groups is 3. The standard InChI is InChI=1S/C14H20O4.C10H20O2/c1-4-14(2,3)13(16)18-10-7-5-8-9(6-7)12(15)17-11(8)10;1-7-10(5,6)8(11)12-9(2,3)4/h7-11H,4-6H2,1-3H3;7H2,1-6H3. The van der Waals surface area contributed by atoms with Gasteiger partial charge in [0, 0.05) is 11.8 Å². The molecule has 0 spiro atoms. The van der Waals surface area contributed by atoms with E-state index in [-0.39, 0.29) is 47.0 Å². The number of carbonyl (C=O) groups excluding carboxylic acids is 3. The van der Waals surface area contributed by atoms with Crippen LogP contribution in [-0.4, -0.2) is 35.7 Å². The molecule has 0 N–H and O–H groups in total. The lowest BCUT2D eigenvalue weighted by molar-refractivity contribution is -0.170. The van der Waals surface area contributed by atoms with Gasteiger partial charge in [0.25, 0.3) is 0 Å². The van der Waals surface area contributed by atoms with Crippen molar-refractivity contribution < 1.29 is 28.6 Å². The van der Waals surface area contributed by atoms with Crippen LogP contribution in [0.15, 0.2) is 0 Å². The molecular weight excluding hydrogens is 384 g/mol. The van der Waals surface area contributed by atoms with Crippen LogP contribution in [0.4, 0.5) is 0 Å². The van der Waals surface area contributed by atoms with Gasteiger partial charge in [-0.15, -0.1) is 0 Å². The van der Waals surface area contributed by atoms with Crippen LogP contribution in [0, 0.1) is 28.6 Å². The lowest BCUT2D eigenvalue weighted by Gasteiger charge is -2.29. The Hall–Kier alpha value is -1.59. The highest BCUT2D eigenvalue weighted by Gasteiger charge is 2.63. The van der Waals surface area contributed by atoms with Gasteiger partial charge in [-0.25, -0.2) is 0 Å². The third kappa shape index (κ3) is 5.17. The molecule has 5 atom stereocenters. The summed E-state index contributed by atoms with van der Waals surface area (Å²) in [6, 6.07) is 0. The summed E-state index contributed by atoms with van der Waals surface area (Å²) in [5.41, 5.74) is -1.18. The Morgan fingerprint density at radius 3 is 1.97 bits per heavy atom. The van der Waals surface area contributed by atoms with Crippen molar-refractivity contribution in [3.63, 3.8) is 0 Å². The minimum atomic E-state index is -0.455. The van der Waals surface area contributed by atoms with Crippen LogP contribution in [0.25, 0.3) is 0 Å². The van der Waals surface area contributed by atoms with Gasteiger partial charge in [0.15, 0.2) is 0 Å². The summed E-state index contributed by atoms with van der Waals surface area (Å²) in [6.07, 6.45) is 3.01. The summed E-state index contributed by atoms with van der Waals surface area (Å²) >= 11 is 0. The highest BCUT2D eigenvalue weighted by Crippen LogP contribution is 2.55. The van der Waals surface area contributed by atoms with Gasteiger partial charge in [0.2, 0.25) is 0 Å². The average Bonchev–Trinajstić information content (AvgIpc) is 3.25. The molecule has 30 heavy (non-hydrogen) atoms. The van der Waals surface area contributed by atoms with Crippen molar-refractivity contribution in [1.82, 2.24) is 0 Å². The molecule has 0 aromatic rings. The van der Waals surface area contributed by atoms with E-state index in [4.69, 9.17) is 14.2 Å². The van der Waals surface area contributed by atoms with Crippen molar-refractivity contribution in [1.29, 1.82) is 0 Å². The predicted molar refractivity (Wildman–Crippen MR) is 113 cm³/mol. The third-order valence-corrected chi connectivity index (χ3v) is 6.93. The van der Waals surface area contributed by atoms with E-state index in [1.807, 2.05) is 62.3 Å². The molecule has 2 bridgehead atoms. The van der Waals surface area contributed by atoms with Crippen molar-refractivity contribution in [2.75, 3.05) is 0 Å². The number of fused-ring (bicyclic) bond motifs is 1. The maximum absolute atomic E-state index is 12.1. The third-order valence-electron chi connectivity index (χ3n) is 6.93. The van der Waals surface area contributed by atoms with Crippen molar-refractivity contribution in [2.45, 2.75) is 106 Å². The van der Waals surface area contributed by atoms with Gasteiger partial charge in [-0.2, -0.15) is 0 Å². The summed E-state index contributed by atoms with van der Waals surface area (Å²) in [7, 11) is 0. The molecule has 172 valence electrons. The molecule has 6 heteroatoms. The quantitative estimate of drug-likeness (QED) is 0.471. The minimum Gasteiger partial charge on any atom is -0.460 e. The van der Waals surface area contributed by atoms with E-state index in [0.29, 0.717) is 11.8 Å². The largest absolute Gasteiger partial charge is 0.460 e. The van der Waals surface area contributed by atoms with Crippen LogP contribution in [0.2, 0.25) is 0 Å². The predicted octanol–water partition coefficient (Wildman–Crippen LogP) is 4.68. The molecule has 1 heterocycles. The fourth-order valence-corrected chi connectivity index (χ4v) is 4.05. The fourth-order valence-electron chi connectivity index (χ4n) is 4.05. The van der Waals surface area contributed by atoms with Crippen molar-refractivity contribution in [3.8, 4) is 0 Å². The Kier molecular flexibility index (Phi) is 7.00. The average molecular weight is 425 g/mol. The number of rotatable bonds is 5. The lowest BCUT2D eigenvalue weighted by Crippen LogP contribution is -2.39. The van der Waals surface area contributed by atoms with Crippen molar-refractivity contribution in [3.05, 3.63) is 0 Å². The monoisotopic (exact) mass is 424 g/mol. The topological polar surface area (TPSA) is 78.9 Å². The first kappa shape index (κ1) is 24.7. The maximum atomic E-state index is 12.1. The van der Waals surface area contributed by atoms with E-state index in [2.05, 4.69) is 0 Å². The summed E-state index contributed by atoms with van der Waals surface area (Å²) in [4.78, 5) is 35.2. The smallest absolute Gasteiger partial charge is 0.312 e. The fraction of sp³-hybridized carbons (Fsp3) is 0.875. The minimum absolute atomic E-state index is 0.0779. The number of hydrogen-bond donors (Lipinski definition) is 0. The van der Waals surface area contributed by atoms with Gasteiger partial charge in [0.05, 0.1) is 16.7 Å². The highest BCUT2D eigenvalue weighted by atomic mass is 16.6. The van der Waals surface area contributed by atoms with Gasteiger partial charge < -0.3 is 14.2 Å². The van der Waals surface area contributed by atoms with E-state index in [0.717, 1.165) is 25.7 Å². The molecule has 3 fully saturated rings. The Morgan fingerprint density at radius 1 is 0.933 bits per heavy atom. The molecule has 0 aromatic carbocycles. The second-order valence-corrected chi connectivity index (χ2v) is 11.3. The van der Waals surface area contributed by atoms with Gasteiger partial charge in [-0.05, 0) is 74.1 Å². The van der Waals surface area contributed by atoms with E-state index in [1.54, 1.807) is 0 Å². The van der Waals surface area contributed by atoms with Gasteiger partial charge in [0.1, 0.15) is 17.8 Å². The Balaban J connectivity index is 0.000000235. The Morgan fingerprint density at radius 2 is 1.47 bits per heavy atom. The number of esters is 3. The molecule has 3 rings (SSSR count).